The molecule has 0 atom stereocenters. The van der Waals surface area contributed by atoms with Crippen molar-refractivity contribution in [2.45, 2.75) is 0 Å². The van der Waals surface area contributed by atoms with Crippen LogP contribution in [0.25, 0.3) is 27.8 Å². The summed E-state index contributed by atoms with van der Waals surface area (Å²) in [7, 11) is 3.49. The van der Waals surface area contributed by atoms with E-state index in [4.69, 9.17) is 12.2 Å². The summed E-state index contributed by atoms with van der Waals surface area (Å²) in [5.41, 5.74) is 3.84. The Morgan fingerprint density at radius 1 is 1.04 bits per heavy atom. The molecule has 130 valence electrons. The fourth-order valence-electron chi connectivity index (χ4n) is 3.16. The monoisotopic (exact) mass is 362 g/mol. The molecule has 4 rings (SSSR count). The molecule has 2 heterocycles. The van der Waals surface area contributed by atoms with Crippen LogP contribution in [0.4, 0.5) is 4.79 Å². The largest absolute Gasteiger partial charge is 0.336 e. The van der Waals surface area contributed by atoms with Crippen LogP contribution in [0, 0.1) is 4.77 Å². The van der Waals surface area contributed by atoms with Gasteiger partial charge in [-0.15, -0.1) is 0 Å². The molecule has 0 saturated carbocycles. The van der Waals surface area contributed by atoms with Gasteiger partial charge in [-0.05, 0) is 30.4 Å². The lowest BCUT2D eigenvalue weighted by Crippen LogP contribution is -2.26. The van der Waals surface area contributed by atoms with Crippen molar-refractivity contribution in [3.63, 3.8) is 0 Å². The number of hydrogen-bond acceptors (Lipinski definition) is 2. The number of nitrogens with one attached hydrogen (secondary N) is 1. The van der Waals surface area contributed by atoms with Gasteiger partial charge in [-0.25, -0.2) is 4.79 Å². The van der Waals surface area contributed by atoms with Crippen LogP contribution in [0.5, 0.6) is 0 Å². The normalized spacial score (nSPS) is 11.0. The maximum Gasteiger partial charge on any atom is 0.328 e. The fraction of sp³-hybridized carbons (Fsp3) is 0.100. The fourth-order valence-corrected chi connectivity index (χ4v) is 3.41. The molecular weight excluding hydrogens is 344 g/mol. The van der Waals surface area contributed by atoms with E-state index in [0.717, 1.165) is 27.8 Å². The van der Waals surface area contributed by atoms with Crippen molar-refractivity contribution in [1.82, 2.24) is 19.0 Å². The topological polar surface area (TPSA) is 46.0 Å². The van der Waals surface area contributed by atoms with Crippen molar-refractivity contribution in [3.8, 4) is 16.9 Å². The van der Waals surface area contributed by atoms with Gasteiger partial charge in [0.05, 0.1) is 16.9 Å². The molecule has 2 aromatic carbocycles. The number of imidazole rings is 1. The summed E-state index contributed by atoms with van der Waals surface area (Å²) in [4.78, 5) is 17.1. The number of aromatic nitrogens is 3. The number of carbonyl (C=O) groups excluding carboxylic acids is 1. The van der Waals surface area contributed by atoms with Gasteiger partial charge in [0.25, 0.3) is 0 Å². The molecule has 26 heavy (non-hydrogen) atoms. The predicted octanol–water partition coefficient (Wildman–Crippen LogP) is 4.69. The zero-order chi connectivity index (χ0) is 18.3. The number of H-pyrrole nitrogens is 1. The molecular formula is C20H18N4OS. The van der Waals surface area contributed by atoms with Crippen molar-refractivity contribution in [3.05, 3.63) is 71.8 Å². The van der Waals surface area contributed by atoms with Gasteiger partial charge in [0, 0.05) is 37.4 Å². The van der Waals surface area contributed by atoms with Crippen LogP contribution in [0.3, 0.4) is 0 Å². The molecule has 4 aromatic rings. The molecule has 0 unspecified atom stereocenters. The van der Waals surface area contributed by atoms with Crippen molar-refractivity contribution >= 4 is 29.2 Å². The number of hydrogen-bond donors (Lipinski definition) is 1. The summed E-state index contributed by atoms with van der Waals surface area (Å²) in [6, 6.07) is 17.9. The Morgan fingerprint density at radius 3 is 2.54 bits per heavy atom. The number of amides is 1. The Morgan fingerprint density at radius 2 is 1.81 bits per heavy atom. The first-order valence-corrected chi connectivity index (χ1v) is 8.66. The summed E-state index contributed by atoms with van der Waals surface area (Å²) in [5, 5.41) is 0.968. The van der Waals surface area contributed by atoms with Gasteiger partial charge >= 0.3 is 6.03 Å². The molecule has 0 aliphatic heterocycles. The molecule has 0 radical (unpaired) electrons. The zero-order valence-corrected chi connectivity index (χ0v) is 15.3. The van der Waals surface area contributed by atoms with Crippen LogP contribution in [0.1, 0.15) is 0 Å². The van der Waals surface area contributed by atoms with Crippen LogP contribution >= 0.6 is 12.2 Å². The van der Waals surface area contributed by atoms with E-state index >= 15 is 0 Å². The van der Waals surface area contributed by atoms with E-state index in [1.54, 1.807) is 29.8 Å². The summed E-state index contributed by atoms with van der Waals surface area (Å²) in [6.45, 7) is 0. The molecule has 0 aliphatic rings. The minimum Gasteiger partial charge on any atom is -0.336 e. The van der Waals surface area contributed by atoms with Crippen LogP contribution in [-0.4, -0.2) is 39.1 Å². The van der Waals surface area contributed by atoms with Gasteiger partial charge in [0.15, 0.2) is 4.77 Å². The molecule has 6 heteroatoms. The number of nitrogens with zero attached hydrogens (tertiary/aromatic N) is 3. The molecule has 0 spiro atoms. The van der Waals surface area contributed by atoms with E-state index in [9.17, 15) is 4.79 Å². The molecule has 1 amide bonds. The van der Waals surface area contributed by atoms with E-state index in [1.807, 2.05) is 53.2 Å². The number of benzene rings is 2. The molecule has 0 aliphatic carbocycles. The van der Waals surface area contributed by atoms with Crippen molar-refractivity contribution in [1.29, 1.82) is 0 Å². The second-order valence-corrected chi connectivity index (χ2v) is 6.64. The third kappa shape index (κ3) is 2.55. The minimum absolute atomic E-state index is 0.0851. The lowest BCUT2D eigenvalue weighted by atomic mass is 10.1. The third-order valence-corrected chi connectivity index (χ3v) is 4.69. The highest BCUT2D eigenvalue weighted by Gasteiger charge is 2.16. The molecule has 0 bridgehead atoms. The maximum atomic E-state index is 12.4. The standard InChI is InChI=1S/C20H18N4OS/c1-22(2)20(25)23-12-11-15-16(23)9-6-10-17(15)24-18(13-21-19(24)26)14-7-4-3-5-8-14/h3-13H,1-2H3,(H,21,26). The Hall–Kier alpha value is -3.12. The van der Waals surface area contributed by atoms with Crippen LogP contribution in [0.15, 0.2) is 67.0 Å². The Kier molecular flexibility index (Phi) is 3.97. The predicted molar refractivity (Wildman–Crippen MR) is 106 cm³/mol. The van der Waals surface area contributed by atoms with Crippen LogP contribution < -0.4 is 0 Å². The van der Waals surface area contributed by atoms with Crippen LogP contribution in [-0.2, 0) is 0 Å². The van der Waals surface area contributed by atoms with Crippen molar-refractivity contribution < 1.29 is 4.79 Å². The maximum absolute atomic E-state index is 12.4. The van der Waals surface area contributed by atoms with Gasteiger partial charge in [0.1, 0.15) is 0 Å². The van der Waals surface area contributed by atoms with Crippen LogP contribution in [0.2, 0.25) is 0 Å². The Labute approximate surface area is 156 Å². The molecule has 5 nitrogen and oxygen atoms in total. The summed E-state index contributed by atoms with van der Waals surface area (Å²) < 4.78 is 4.28. The van der Waals surface area contributed by atoms with Gasteiger partial charge in [-0.1, -0.05) is 36.4 Å². The van der Waals surface area contributed by atoms with E-state index in [0.29, 0.717) is 4.77 Å². The quantitative estimate of drug-likeness (QED) is 0.526. The first kappa shape index (κ1) is 16.4. The zero-order valence-electron chi connectivity index (χ0n) is 14.5. The van der Waals surface area contributed by atoms with E-state index < -0.39 is 0 Å². The molecule has 2 aromatic heterocycles. The first-order chi connectivity index (χ1) is 12.6. The average molecular weight is 362 g/mol. The second kappa shape index (κ2) is 6.31. The van der Waals surface area contributed by atoms with Crippen molar-refractivity contribution in [2.75, 3.05) is 14.1 Å². The lowest BCUT2D eigenvalue weighted by Gasteiger charge is -2.13. The van der Waals surface area contributed by atoms with E-state index in [1.165, 1.54) is 0 Å². The summed E-state index contributed by atoms with van der Waals surface area (Å²) in [5.74, 6) is 0. The lowest BCUT2D eigenvalue weighted by molar-refractivity contribution is 0.220. The molecule has 1 N–H and O–H groups in total. The highest BCUT2D eigenvalue weighted by molar-refractivity contribution is 7.71. The minimum atomic E-state index is -0.0851. The highest BCUT2D eigenvalue weighted by atomic mass is 32.1. The molecule has 0 saturated heterocycles. The third-order valence-electron chi connectivity index (χ3n) is 4.39. The summed E-state index contributed by atoms with van der Waals surface area (Å²) >= 11 is 5.54. The highest BCUT2D eigenvalue weighted by Crippen LogP contribution is 2.29. The Bertz CT molecular complexity index is 1150. The van der Waals surface area contributed by atoms with E-state index in [2.05, 4.69) is 17.1 Å². The number of carbonyl (C=O) groups is 1. The number of fused-ring (bicyclic) bond motifs is 1. The van der Waals surface area contributed by atoms with Gasteiger partial charge in [0.2, 0.25) is 0 Å². The number of aromatic amines is 1. The van der Waals surface area contributed by atoms with Gasteiger partial charge < -0.3 is 9.88 Å². The van der Waals surface area contributed by atoms with Gasteiger partial charge in [-0.2, -0.15) is 0 Å². The second-order valence-electron chi connectivity index (χ2n) is 6.25. The smallest absolute Gasteiger partial charge is 0.328 e. The number of rotatable bonds is 2. The van der Waals surface area contributed by atoms with Gasteiger partial charge in [-0.3, -0.25) is 9.13 Å². The average Bonchev–Trinajstić information content (AvgIpc) is 3.25. The Balaban J connectivity index is 1.96. The first-order valence-electron chi connectivity index (χ1n) is 8.26. The summed E-state index contributed by atoms with van der Waals surface area (Å²) in [6.07, 6.45) is 3.72. The van der Waals surface area contributed by atoms with E-state index in [-0.39, 0.29) is 6.03 Å². The van der Waals surface area contributed by atoms with Crippen molar-refractivity contribution in [2.24, 2.45) is 0 Å². The molecule has 0 fully saturated rings. The SMILES string of the molecule is CN(C)C(=O)n1ccc2c(-n3c(-c4ccccc4)c[nH]c3=S)cccc21.